The molecule has 0 radical (unpaired) electrons. The van der Waals surface area contributed by atoms with Crippen LogP contribution in [0.5, 0.6) is 0 Å². The number of carbonyl (C=O) groups is 1. The van der Waals surface area contributed by atoms with Gasteiger partial charge >= 0.3 is 6.03 Å². The highest BCUT2D eigenvalue weighted by atomic mass is 32.2. The van der Waals surface area contributed by atoms with Crippen LogP contribution in [0, 0.1) is 17.0 Å². The molecule has 37 heavy (non-hydrogen) atoms. The van der Waals surface area contributed by atoms with Crippen LogP contribution in [0.2, 0.25) is 0 Å². The molecule has 1 saturated carbocycles. The van der Waals surface area contributed by atoms with Crippen LogP contribution >= 0.6 is 11.8 Å². The van der Waals surface area contributed by atoms with Crippen molar-refractivity contribution in [2.24, 2.45) is 0 Å². The zero-order chi connectivity index (χ0) is 26.0. The number of nitro groups is 1. The predicted molar refractivity (Wildman–Crippen MR) is 146 cm³/mol. The Labute approximate surface area is 223 Å². The van der Waals surface area contributed by atoms with E-state index >= 15 is 0 Å². The first kappa shape index (κ1) is 27.4. The second-order valence-electron chi connectivity index (χ2n) is 9.98. The Morgan fingerprint density at radius 1 is 1.14 bits per heavy atom. The van der Waals surface area contributed by atoms with Crippen LogP contribution in [0.1, 0.15) is 49.7 Å². The number of nitrogens with zero attached hydrogens (tertiary/aromatic N) is 3. The van der Waals surface area contributed by atoms with E-state index in [9.17, 15) is 14.9 Å². The molecule has 0 spiro atoms. The third kappa shape index (κ3) is 8.45. The number of amides is 2. The van der Waals surface area contributed by atoms with Crippen molar-refractivity contribution in [3.8, 4) is 0 Å². The standard InChI is InChI=1S/C28H38N4O4S/c1-22-8-11-26(12-9-22)37-27-13-10-25(32(34)35)20-23(27)21-31(15-5-14-30-16-18-36-19-17-30)28(33)29-24-6-3-2-4-7-24/h8-13,20,24H,2-7,14-19,21H2,1H3,(H,29,33). The maximum absolute atomic E-state index is 13.5. The number of benzene rings is 2. The number of hydrogen-bond donors (Lipinski definition) is 1. The van der Waals surface area contributed by atoms with Crippen LogP contribution in [0.15, 0.2) is 52.3 Å². The number of non-ortho nitro benzene ring substituents is 1. The first-order chi connectivity index (χ1) is 18.0. The molecule has 2 aliphatic rings. The largest absolute Gasteiger partial charge is 0.379 e. The van der Waals surface area contributed by atoms with E-state index in [2.05, 4.69) is 34.5 Å². The van der Waals surface area contributed by atoms with Gasteiger partial charge in [0.1, 0.15) is 0 Å². The van der Waals surface area contributed by atoms with Crippen molar-refractivity contribution in [3.63, 3.8) is 0 Å². The molecule has 1 aliphatic carbocycles. The Bertz CT molecular complexity index is 1040. The summed E-state index contributed by atoms with van der Waals surface area (Å²) in [5.41, 5.74) is 2.02. The minimum absolute atomic E-state index is 0.0456. The molecule has 0 bridgehead atoms. The molecule has 2 amide bonds. The van der Waals surface area contributed by atoms with Crippen molar-refractivity contribution in [2.45, 2.75) is 67.8 Å². The van der Waals surface area contributed by atoms with E-state index in [-0.39, 0.29) is 22.7 Å². The zero-order valence-electron chi connectivity index (χ0n) is 21.7. The van der Waals surface area contributed by atoms with Gasteiger partial charge in [0, 0.05) is 60.7 Å². The average Bonchev–Trinajstić information content (AvgIpc) is 2.91. The highest BCUT2D eigenvalue weighted by Crippen LogP contribution is 2.33. The van der Waals surface area contributed by atoms with Crippen molar-refractivity contribution in [3.05, 3.63) is 63.7 Å². The van der Waals surface area contributed by atoms with Gasteiger partial charge in [-0.1, -0.05) is 48.7 Å². The minimum atomic E-state index is -0.366. The van der Waals surface area contributed by atoms with E-state index in [1.165, 1.54) is 12.0 Å². The van der Waals surface area contributed by atoms with Gasteiger partial charge in [-0.3, -0.25) is 15.0 Å². The van der Waals surface area contributed by atoms with Crippen LogP contribution in [0.25, 0.3) is 0 Å². The first-order valence-corrected chi connectivity index (χ1v) is 14.2. The van der Waals surface area contributed by atoms with Gasteiger partial charge in [0.15, 0.2) is 0 Å². The molecule has 0 atom stereocenters. The third-order valence-electron chi connectivity index (χ3n) is 7.09. The molecule has 0 unspecified atom stereocenters. The molecular weight excluding hydrogens is 488 g/mol. The van der Waals surface area contributed by atoms with Crippen LogP contribution in [-0.4, -0.2) is 66.2 Å². The maximum atomic E-state index is 13.5. The summed E-state index contributed by atoms with van der Waals surface area (Å²) in [7, 11) is 0. The van der Waals surface area contributed by atoms with Crippen LogP contribution in [0.3, 0.4) is 0 Å². The number of urea groups is 1. The Kier molecular flexibility index (Phi) is 10.2. The molecule has 2 fully saturated rings. The van der Waals surface area contributed by atoms with Crippen molar-refractivity contribution in [1.82, 2.24) is 15.1 Å². The van der Waals surface area contributed by atoms with Crippen LogP contribution in [-0.2, 0) is 11.3 Å². The van der Waals surface area contributed by atoms with Gasteiger partial charge in [0.25, 0.3) is 5.69 Å². The normalized spacial score (nSPS) is 16.9. The lowest BCUT2D eigenvalue weighted by Crippen LogP contribution is -2.46. The van der Waals surface area contributed by atoms with E-state index in [0.717, 1.165) is 80.3 Å². The van der Waals surface area contributed by atoms with Gasteiger partial charge in [-0.05, 0) is 49.9 Å². The van der Waals surface area contributed by atoms with Gasteiger partial charge in [-0.15, -0.1) is 0 Å². The molecule has 2 aromatic carbocycles. The van der Waals surface area contributed by atoms with E-state index < -0.39 is 0 Å². The van der Waals surface area contributed by atoms with E-state index in [0.29, 0.717) is 13.1 Å². The summed E-state index contributed by atoms with van der Waals surface area (Å²) in [5, 5.41) is 14.8. The molecule has 9 heteroatoms. The third-order valence-corrected chi connectivity index (χ3v) is 8.22. The van der Waals surface area contributed by atoms with Gasteiger partial charge in [-0.2, -0.15) is 0 Å². The Hall–Kier alpha value is -2.62. The van der Waals surface area contributed by atoms with Crippen molar-refractivity contribution in [2.75, 3.05) is 39.4 Å². The molecule has 4 rings (SSSR count). The number of rotatable bonds is 10. The van der Waals surface area contributed by atoms with E-state index in [1.807, 2.05) is 17.9 Å². The fourth-order valence-corrected chi connectivity index (χ4v) is 5.83. The molecular formula is C28H38N4O4S. The summed E-state index contributed by atoms with van der Waals surface area (Å²) in [4.78, 5) is 30.9. The van der Waals surface area contributed by atoms with Gasteiger partial charge < -0.3 is 15.0 Å². The summed E-state index contributed by atoms with van der Waals surface area (Å²) in [5.74, 6) is 0. The molecule has 1 heterocycles. The quantitative estimate of drug-likeness (QED) is 0.319. The number of ether oxygens (including phenoxy) is 1. The van der Waals surface area contributed by atoms with Crippen molar-refractivity contribution < 1.29 is 14.5 Å². The predicted octanol–water partition coefficient (Wildman–Crippen LogP) is 5.62. The second kappa shape index (κ2) is 13.8. The van der Waals surface area contributed by atoms with E-state index in [4.69, 9.17) is 4.74 Å². The maximum Gasteiger partial charge on any atom is 0.317 e. The van der Waals surface area contributed by atoms with Gasteiger partial charge in [-0.25, -0.2) is 4.79 Å². The summed E-state index contributed by atoms with van der Waals surface area (Å²) >= 11 is 1.58. The Balaban J connectivity index is 1.52. The summed E-state index contributed by atoms with van der Waals surface area (Å²) in [6.07, 6.45) is 6.38. The van der Waals surface area contributed by atoms with E-state index in [1.54, 1.807) is 23.9 Å². The number of nitro benzene ring substituents is 1. The van der Waals surface area contributed by atoms with Gasteiger partial charge in [0.05, 0.1) is 18.1 Å². The second-order valence-corrected chi connectivity index (χ2v) is 11.1. The van der Waals surface area contributed by atoms with Crippen molar-refractivity contribution in [1.29, 1.82) is 0 Å². The SMILES string of the molecule is Cc1ccc(Sc2ccc([N+](=O)[O-])cc2CN(CCCN2CCOCC2)C(=O)NC2CCCCC2)cc1. The number of hydrogen-bond acceptors (Lipinski definition) is 6. The van der Waals surface area contributed by atoms with Crippen LogP contribution < -0.4 is 5.32 Å². The topological polar surface area (TPSA) is 88.0 Å². The summed E-state index contributed by atoms with van der Waals surface area (Å²) < 4.78 is 5.45. The fraction of sp³-hybridized carbons (Fsp3) is 0.536. The lowest BCUT2D eigenvalue weighted by molar-refractivity contribution is -0.385. The molecule has 1 N–H and O–H groups in total. The van der Waals surface area contributed by atoms with Crippen molar-refractivity contribution >= 4 is 23.5 Å². The number of nitrogens with one attached hydrogen (secondary N) is 1. The zero-order valence-corrected chi connectivity index (χ0v) is 22.5. The Morgan fingerprint density at radius 3 is 2.57 bits per heavy atom. The number of carbonyl (C=O) groups excluding carboxylic acids is 1. The molecule has 1 aliphatic heterocycles. The lowest BCUT2D eigenvalue weighted by atomic mass is 9.96. The monoisotopic (exact) mass is 526 g/mol. The molecule has 200 valence electrons. The molecule has 8 nitrogen and oxygen atoms in total. The smallest absolute Gasteiger partial charge is 0.317 e. The molecule has 2 aromatic rings. The van der Waals surface area contributed by atoms with Crippen LogP contribution in [0.4, 0.5) is 10.5 Å². The highest BCUT2D eigenvalue weighted by molar-refractivity contribution is 7.99. The molecule has 0 aromatic heterocycles. The summed E-state index contributed by atoms with van der Waals surface area (Å²) in [6, 6.07) is 13.3. The highest BCUT2D eigenvalue weighted by Gasteiger charge is 2.23. The summed E-state index contributed by atoms with van der Waals surface area (Å²) in [6.45, 7) is 7.19. The number of aryl methyl sites for hydroxylation is 1. The number of morpholine rings is 1. The average molecular weight is 527 g/mol. The molecule has 1 saturated heterocycles. The minimum Gasteiger partial charge on any atom is -0.379 e. The first-order valence-electron chi connectivity index (χ1n) is 13.4. The lowest BCUT2D eigenvalue weighted by Gasteiger charge is -2.30. The van der Waals surface area contributed by atoms with Gasteiger partial charge in [0.2, 0.25) is 0 Å². The fourth-order valence-electron chi connectivity index (χ4n) is 4.92. The Morgan fingerprint density at radius 2 is 1.86 bits per heavy atom.